The largest absolute Gasteiger partial charge is 0.493 e. The second-order valence-corrected chi connectivity index (χ2v) is 7.81. The Morgan fingerprint density at radius 3 is 2.47 bits per heavy atom. The lowest BCUT2D eigenvalue weighted by Gasteiger charge is -2.16. The Morgan fingerprint density at radius 1 is 0.967 bits per heavy atom. The second-order valence-electron chi connectivity index (χ2n) is 6.79. The van der Waals surface area contributed by atoms with Crippen LogP contribution >= 0.6 is 11.3 Å². The maximum atomic E-state index is 13.0. The Morgan fingerprint density at radius 2 is 1.73 bits per heavy atom. The summed E-state index contributed by atoms with van der Waals surface area (Å²) in [5.41, 5.74) is 4.09. The van der Waals surface area contributed by atoms with Crippen LogP contribution < -0.4 is 14.8 Å². The molecule has 1 N–H and O–H groups in total. The molecule has 0 atom stereocenters. The molecule has 154 valence electrons. The zero-order valence-corrected chi connectivity index (χ0v) is 17.7. The van der Waals surface area contributed by atoms with Gasteiger partial charge < -0.3 is 19.5 Å². The van der Waals surface area contributed by atoms with Gasteiger partial charge in [0.15, 0.2) is 11.5 Å². The summed E-state index contributed by atoms with van der Waals surface area (Å²) in [6, 6.07) is 13.1. The van der Waals surface area contributed by atoms with Crippen LogP contribution in [0.1, 0.15) is 31.8 Å². The van der Waals surface area contributed by atoms with Crippen molar-refractivity contribution >= 4 is 28.2 Å². The summed E-state index contributed by atoms with van der Waals surface area (Å²) >= 11 is 1.40. The summed E-state index contributed by atoms with van der Waals surface area (Å²) in [4.78, 5) is 26.5. The van der Waals surface area contributed by atoms with Crippen molar-refractivity contribution in [3.63, 3.8) is 0 Å². The fourth-order valence-electron chi connectivity index (χ4n) is 3.70. The van der Waals surface area contributed by atoms with Crippen LogP contribution in [0.15, 0.2) is 42.5 Å². The van der Waals surface area contributed by atoms with Gasteiger partial charge in [0, 0.05) is 10.4 Å². The molecular weight excluding hydrogens is 402 g/mol. The van der Waals surface area contributed by atoms with Gasteiger partial charge in [-0.2, -0.15) is 0 Å². The summed E-state index contributed by atoms with van der Waals surface area (Å²) in [6.07, 6.45) is 1.56. The number of esters is 1. The van der Waals surface area contributed by atoms with Crippen molar-refractivity contribution in [2.75, 3.05) is 26.6 Å². The maximum Gasteiger partial charge on any atom is 0.341 e. The maximum absolute atomic E-state index is 13.0. The molecular formula is C23H21NO5S. The molecule has 1 amide bonds. The number of methoxy groups -OCH3 is 3. The van der Waals surface area contributed by atoms with Crippen molar-refractivity contribution in [3.05, 3.63) is 64.7 Å². The lowest BCUT2D eigenvalue weighted by atomic mass is 9.89. The first kappa shape index (κ1) is 20.0. The number of hydrogen-bond acceptors (Lipinski definition) is 6. The summed E-state index contributed by atoms with van der Waals surface area (Å²) in [7, 11) is 4.40. The lowest BCUT2D eigenvalue weighted by Crippen LogP contribution is -2.15. The van der Waals surface area contributed by atoms with Crippen LogP contribution in [-0.2, 0) is 17.6 Å². The van der Waals surface area contributed by atoms with E-state index in [0.717, 1.165) is 28.8 Å². The van der Waals surface area contributed by atoms with Crippen LogP contribution in [0.3, 0.4) is 0 Å². The summed E-state index contributed by atoms with van der Waals surface area (Å²) in [5, 5.41) is 3.39. The minimum absolute atomic E-state index is 0.340. The first-order valence-corrected chi connectivity index (χ1v) is 10.2. The van der Waals surface area contributed by atoms with Gasteiger partial charge in [0.2, 0.25) is 0 Å². The third-order valence-electron chi connectivity index (χ3n) is 5.18. The molecule has 0 radical (unpaired) electrons. The molecule has 30 heavy (non-hydrogen) atoms. The van der Waals surface area contributed by atoms with Crippen molar-refractivity contribution in [3.8, 4) is 21.9 Å². The fraction of sp³-hybridized carbons (Fsp3) is 0.217. The van der Waals surface area contributed by atoms with E-state index < -0.39 is 5.97 Å². The molecule has 0 aliphatic heterocycles. The van der Waals surface area contributed by atoms with Crippen LogP contribution in [0.25, 0.3) is 10.4 Å². The summed E-state index contributed by atoms with van der Waals surface area (Å²) < 4.78 is 15.5. The summed E-state index contributed by atoms with van der Waals surface area (Å²) in [5.74, 6) is 0.202. The number of carbonyl (C=O) groups excluding carboxylic acids is 2. The quantitative estimate of drug-likeness (QED) is 0.609. The van der Waals surface area contributed by atoms with Gasteiger partial charge in [-0.05, 0) is 47.7 Å². The van der Waals surface area contributed by atoms with Crippen molar-refractivity contribution in [1.82, 2.24) is 0 Å². The predicted octanol–water partition coefficient (Wildman–Crippen LogP) is 4.57. The summed E-state index contributed by atoms with van der Waals surface area (Å²) in [6.45, 7) is 0. The van der Waals surface area contributed by atoms with Crippen molar-refractivity contribution in [2.45, 2.75) is 12.8 Å². The highest BCUT2D eigenvalue weighted by Crippen LogP contribution is 2.45. The van der Waals surface area contributed by atoms with Gasteiger partial charge in [0.25, 0.3) is 5.91 Å². The zero-order valence-electron chi connectivity index (χ0n) is 16.9. The molecule has 1 aliphatic rings. The van der Waals surface area contributed by atoms with E-state index >= 15 is 0 Å². The highest BCUT2D eigenvalue weighted by atomic mass is 32.1. The SMILES string of the molecule is COC(=O)c1c(NC(=O)c2ccc(OC)c(OC)c2)sc2c1CCc1ccccc1-2. The Bertz CT molecular complexity index is 1130. The van der Waals surface area contributed by atoms with Gasteiger partial charge >= 0.3 is 5.97 Å². The van der Waals surface area contributed by atoms with Gasteiger partial charge in [0.05, 0.1) is 26.9 Å². The number of amides is 1. The van der Waals surface area contributed by atoms with Gasteiger partial charge in [-0.3, -0.25) is 4.79 Å². The smallest absolute Gasteiger partial charge is 0.341 e. The number of thiophene rings is 1. The van der Waals surface area contributed by atoms with E-state index in [2.05, 4.69) is 11.4 Å². The molecule has 0 saturated carbocycles. The number of fused-ring (bicyclic) bond motifs is 3. The van der Waals surface area contributed by atoms with E-state index in [0.29, 0.717) is 27.6 Å². The Hall–Kier alpha value is -3.32. The number of benzene rings is 2. The van der Waals surface area contributed by atoms with Crippen LogP contribution in [0, 0.1) is 0 Å². The van der Waals surface area contributed by atoms with E-state index in [4.69, 9.17) is 14.2 Å². The molecule has 1 heterocycles. The normalized spacial score (nSPS) is 11.8. The highest BCUT2D eigenvalue weighted by molar-refractivity contribution is 7.20. The highest BCUT2D eigenvalue weighted by Gasteiger charge is 2.29. The molecule has 2 aromatic carbocycles. The van der Waals surface area contributed by atoms with Gasteiger partial charge in [0.1, 0.15) is 5.00 Å². The number of aryl methyl sites for hydroxylation is 1. The van der Waals surface area contributed by atoms with Crippen molar-refractivity contribution < 1.29 is 23.8 Å². The van der Waals surface area contributed by atoms with Gasteiger partial charge in [-0.1, -0.05) is 24.3 Å². The van der Waals surface area contributed by atoms with Crippen LogP contribution in [0.5, 0.6) is 11.5 Å². The second kappa shape index (κ2) is 8.20. The molecule has 4 rings (SSSR count). The minimum atomic E-state index is -0.450. The number of hydrogen-bond donors (Lipinski definition) is 1. The molecule has 3 aromatic rings. The van der Waals surface area contributed by atoms with E-state index in [-0.39, 0.29) is 5.91 Å². The van der Waals surface area contributed by atoms with E-state index in [1.807, 2.05) is 18.2 Å². The van der Waals surface area contributed by atoms with Crippen LogP contribution in [0.2, 0.25) is 0 Å². The minimum Gasteiger partial charge on any atom is -0.493 e. The number of nitrogens with one attached hydrogen (secondary N) is 1. The molecule has 0 unspecified atom stereocenters. The number of rotatable bonds is 5. The monoisotopic (exact) mass is 423 g/mol. The topological polar surface area (TPSA) is 73.9 Å². The Kier molecular flexibility index (Phi) is 5.46. The lowest BCUT2D eigenvalue weighted by molar-refractivity contribution is 0.0601. The first-order chi connectivity index (χ1) is 14.6. The number of anilines is 1. The predicted molar refractivity (Wildman–Crippen MR) is 116 cm³/mol. The number of carbonyl (C=O) groups is 2. The molecule has 0 saturated heterocycles. The average molecular weight is 423 g/mol. The Labute approximate surface area is 178 Å². The zero-order chi connectivity index (χ0) is 21.3. The molecule has 0 fully saturated rings. The van der Waals surface area contributed by atoms with Crippen molar-refractivity contribution in [1.29, 1.82) is 0 Å². The van der Waals surface area contributed by atoms with Gasteiger partial charge in [-0.15, -0.1) is 11.3 Å². The van der Waals surface area contributed by atoms with E-state index in [1.165, 1.54) is 38.2 Å². The standard InChI is InChI=1S/C23H21NO5S/c1-27-17-11-9-14(12-18(17)28-2)21(25)24-22-19(23(26)29-3)16-10-8-13-6-4-5-7-15(13)20(16)30-22/h4-7,9,11-12H,8,10H2,1-3H3,(H,24,25). The molecule has 1 aliphatic carbocycles. The molecule has 7 heteroatoms. The fourth-order valence-corrected chi connectivity index (χ4v) is 4.99. The first-order valence-electron chi connectivity index (χ1n) is 9.43. The number of ether oxygens (including phenoxy) is 3. The van der Waals surface area contributed by atoms with Gasteiger partial charge in [-0.25, -0.2) is 4.79 Å². The molecule has 6 nitrogen and oxygen atoms in total. The van der Waals surface area contributed by atoms with Crippen LogP contribution in [0.4, 0.5) is 5.00 Å². The van der Waals surface area contributed by atoms with E-state index in [9.17, 15) is 9.59 Å². The molecule has 1 aromatic heterocycles. The third-order valence-corrected chi connectivity index (χ3v) is 6.36. The molecule has 0 spiro atoms. The van der Waals surface area contributed by atoms with Crippen molar-refractivity contribution in [2.24, 2.45) is 0 Å². The molecule has 0 bridgehead atoms. The van der Waals surface area contributed by atoms with Crippen LogP contribution in [-0.4, -0.2) is 33.2 Å². The third kappa shape index (κ3) is 3.41. The Balaban J connectivity index is 1.74. The van der Waals surface area contributed by atoms with E-state index in [1.54, 1.807) is 18.2 Å². The average Bonchev–Trinajstić information content (AvgIpc) is 3.16.